The smallest absolute Gasteiger partial charge is 0.355 e. The average molecular weight is 380 g/mol. The highest BCUT2D eigenvalue weighted by Gasteiger charge is 2.70. The Morgan fingerprint density at radius 1 is 1.38 bits per heavy atom. The van der Waals surface area contributed by atoms with Gasteiger partial charge in [0, 0.05) is 0 Å². The van der Waals surface area contributed by atoms with Crippen molar-refractivity contribution in [3.05, 3.63) is 11.3 Å². The maximum atomic E-state index is 12.5. The minimum Gasteiger partial charge on any atom is -0.455 e. The molecule has 9 heteroatoms. The van der Waals surface area contributed by atoms with E-state index in [-0.39, 0.29) is 17.0 Å². The van der Waals surface area contributed by atoms with E-state index in [1.54, 1.807) is 34.6 Å². The van der Waals surface area contributed by atoms with Crippen molar-refractivity contribution in [1.82, 2.24) is 4.90 Å². The van der Waals surface area contributed by atoms with Gasteiger partial charge in [0.05, 0.1) is 11.9 Å². The maximum Gasteiger partial charge on any atom is 0.355 e. The molecule has 0 radical (unpaired) electrons. The van der Waals surface area contributed by atoms with Crippen molar-refractivity contribution < 1.29 is 27.5 Å². The normalized spacial score (nSPS) is 29.4. The van der Waals surface area contributed by atoms with Crippen LogP contribution in [0.2, 0.25) is 0 Å². The molecule has 2 aliphatic heterocycles. The van der Waals surface area contributed by atoms with Crippen molar-refractivity contribution in [1.29, 1.82) is 0 Å². The second-order valence-corrected chi connectivity index (χ2v) is 9.90. The minimum absolute atomic E-state index is 0.0709. The Labute approximate surface area is 146 Å². The third-order valence-corrected chi connectivity index (χ3v) is 6.11. The fraction of sp³-hybridized carbons (Fsp3) is 0.733. The predicted octanol–water partition coefficient (Wildman–Crippen LogP) is 1.56. The van der Waals surface area contributed by atoms with Gasteiger partial charge in [-0.25, -0.2) is 13.2 Å². The Morgan fingerprint density at radius 3 is 2.38 bits per heavy atom. The van der Waals surface area contributed by atoms with E-state index in [4.69, 9.17) is 21.1 Å². The topological polar surface area (TPSA) is 90.0 Å². The SMILES string of the molecule is CC1=C(C(=O)OC(C)(C)C)N2C(=O)[C@](Cl)(OC(C)C)[C@H]2S(=O)(=O)C1. The number of fused-ring (bicyclic) bond motifs is 1. The average Bonchev–Trinajstić information content (AvgIpc) is 2.32. The molecule has 2 heterocycles. The third-order valence-electron chi connectivity index (χ3n) is 3.47. The lowest BCUT2D eigenvalue weighted by atomic mass is 10.0. The second kappa shape index (κ2) is 5.71. The first-order valence-electron chi connectivity index (χ1n) is 7.56. The van der Waals surface area contributed by atoms with E-state index >= 15 is 0 Å². The highest BCUT2D eigenvalue weighted by molar-refractivity contribution is 7.92. The van der Waals surface area contributed by atoms with Crippen LogP contribution in [-0.4, -0.2) is 53.1 Å². The lowest BCUT2D eigenvalue weighted by Crippen LogP contribution is -2.76. The summed E-state index contributed by atoms with van der Waals surface area (Å²) in [6.45, 7) is 9.82. The van der Waals surface area contributed by atoms with E-state index in [9.17, 15) is 18.0 Å². The van der Waals surface area contributed by atoms with Gasteiger partial charge < -0.3 is 9.47 Å². The van der Waals surface area contributed by atoms with Crippen molar-refractivity contribution in [2.75, 3.05) is 5.75 Å². The van der Waals surface area contributed by atoms with E-state index < -0.39 is 43.9 Å². The van der Waals surface area contributed by atoms with Gasteiger partial charge in [0.25, 0.3) is 11.0 Å². The molecule has 0 N–H and O–H groups in total. The van der Waals surface area contributed by atoms with Crippen molar-refractivity contribution in [3.63, 3.8) is 0 Å². The molecule has 0 saturated carbocycles. The monoisotopic (exact) mass is 379 g/mol. The van der Waals surface area contributed by atoms with E-state index in [2.05, 4.69) is 0 Å². The highest BCUT2D eigenvalue weighted by Crippen LogP contribution is 2.48. The van der Waals surface area contributed by atoms with Gasteiger partial charge in [-0.1, -0.05) is 11.6 Å². The molecular weight excluding hydrogens is 358 g/mol. The lowest BCUT2D eigenvalue weighted by molar-refractivity contribution is -0.180. The standard InChI is InChI=1S/C15H22ClNO6S/c1-8(2)22-15(16)12(19)17-10(11(18)23-14(4,5)6)9(3)7-24(20,21)13(15)17/h8,13H,7H2,1-6H3/t13-,15+/m1/s1. The molecule has 0 aromatic rings. The molecule has 0 spiro atoms. The number of esters is 1. The zero-order valence-corrected chi connectivity index (χ0v) is 16.1. The summed E-state index contributed by atoms with van der Waals surface area (Å²) >= 11 is 6.19. The van der Waals surface area contributed by atoms with Gasteiger partial charge in [0.1, 0.15) is 11.3 Å². The Kier molecular flexibility index (Phi) is 4.57. The molecule has 24 heavy (non-hydrogen) atoms. The van der Waals surface area contributed by atoms with Crippen LogP contribution in [0.4, 0.5) is 0 Å². The molecular formula is C15H22ClNO6S. The van der Waals surface area contributed by atoms with Crippen molar-refractivity contribution in [2.24, 2.45) is 0 Å². The lowest BCUT2D eigenvalue weighted by Gasteiger charge is -2.53. The largest absolute Gasteiger partial charge is 0.455 e. The summed E-state index contributed by atoms with van der Waals surface area (Å²) in [7, 11) is -3.79. The number of ether oxygens (including phenoxy) is 2. The van der Waals surface area contributed by atoms with Crippen LogP contribution in [0.25, 0.3) is 0 Å². The minimum atomic E-state index is -3.79. The zero-order valence-electron chi connectivity index (χ0n) is 14.5. The second-order valence-electron chi connectivity index (χ2n) is 7.28. The molecule has 1 fully saturated rings. The van der Waals surface area contributed by atoms with Gasteiger partial charge in [-0.15, -0.1) is 0 Å². The van der Waals surface area contributed by atoms with E-state index in [0.717, 1.165) is 4.90 Å². The molecule has 0 aromatic carbocycles. The number of carbonyl (C=O) groups is 2. The summed E-state index contributed by atoms with van der Waals surface area (Å²) in [4.78, 5) is 25.9. The van der Waals surface area contributed by atoms with Crippen molar-refractivity contribution >= 4 is 33.3 Å². The molecule has 1 saturated heterocycles. The number of hydrogen-bond acceptors (Lipinski definition) is 6. The number of nitrogens with zero attached hydrogens (tertiary/aromatic N) is 1. The van der Waals surface area contributed by atoms with Crippen LogP contribution in [0.1, 0.15) is 41.5 Å². The number of carbonyl (C=O) groups excluding carboxylic acids is 2. The molecule has 0 bridgehead atoms. The molecule has 7 nitrogen and oxygen atoms in total. The van der Waals surface area contributed by atoms with Gasteiger partial charge in [0.2, 0.25) is 0 Å². The Morgan fingerprint density at radius 2 is 1.92 bits per heavy atom. The summed E-state index contributed by atoms with van der Waals surface area (Å²) in [5.74, 6) is -1.91. The first-order chi connectivity index (χ1) is 10.7. The van der Waals surface area contributed by atoms with E-state index in [0.29, 0.717) is 0 Å². The molecule has 2 atom stereocenters. The molecule has 0 aliphatic carbocycles. The number of alkyl halides is 1. The predicted molar refractivity (Wildman–Crippen MR) is 87.8 cm³/mol. The van der Waals surface area contributed by atoms with Crippen LogP contribution in [0.3, 0.4) is 0 Å². The summed E-state index contributed by atoms with van der Waals surface area (Å²) in [5.41, 5.74) is -0.605. The Bertz CT molecular complexity index is 721. The number of amides is 1. The first kappa shape index (κ1) is 19.2. The van der Waals surface area contributed by atoms with Crippen LogP contribution in [0.15, 0.2) is 11.3 Å². The van der Waals surface area contributed by atoms with Gasteiger partial charge in [-0.05, 0) is 47.1 Å². The number of halogens is 1. The number of sulfone groups is 1. The molecule has 0 aromatic heterocycles. The van der Waals surface area contributed by atoms with E-state index in [1.165, 1.54) is 6.92 Å². The first-order valence-corrected chi connectivity index (χ1v) is 9.65. The Balaban J connectivity index is 2.47. The molecule has 136 valence electrons. The van der Waals surface area contributed by atoms with Crippen molar-refractivity contribution in [3.8, 4) is 0 Å². The molecule has 2 rings (SSSR count). The summed E-state index contributed by atoms with van der Waals surface area (Å²) in [6.07, 6.45) is -0.458. The highest BCUT2D eigenvalue weighted by atomic mass is 35.5. The fourth-order valence-electron chi connectivity index (χ4n) is 2.79. The number of hydrogen-bond donors (Lipinski definition) is 0. The van der Waals surface area contributed by atoms with Gasteiger partial charge in [-0.3, -0.25) is 9.69 Å². The summed E-state index contributed by atoms with van der Waals surface area (Å²) in [5, 5.41) is -3.45. The number of rotatable bonds is 3. The zero-order chi connectivity index (χ0) is 18.7. The van der Waals surface area contributed by atoms with Crippen LogP contribution in [0.5, 0.6) is 0 Å². The molecule has 0 unspecified atom stereocenters. The van der Waals surface area contributed by atoms with Crippen LogP contribution in [0, 0.1) is 0 Å². The van der Waals surface area contributed by atoms with Crippen LogP contribution >= 0.6 is 11.6 Å². The van der Waals surface area contributed by atoms with E-state index in [1.807, 2.05) is 0 Å². The summed E-state index contributed by atoms with van der Waals surface area (Å²) < 4.78 is 35.7. The Hall–Kier alpha value is -1.12. The fourth-order valence-corrected chi connectivity index (χ4v) is 5.60. The maximum absolute atomic E-state index is 12.5. The molecule has 1 amide bonds. The van der Waals surface area contributed by atoms with Crippen LogP contribution in [-0.2, 0) is 28.9 Å². The third kappa shape index (κ3) is 3.07. The summed E-state index contributed by atoms with van der Waals surface area (Å²) in [6, 6.07) is 0. The van der Waals surface area contributed by atoms with Crippen LogP contribution < -0.4 is 0 Å². The number of β-lactam (4-membered cyclic amide) rings is 1. The van der Waals surface area contributed by atoms with Gasteiger partial charge in [-0.2, -0.15) is 0 Å². The molecule has 2 aliphatic rings. The quantitative estimate of drug-likeness (QED) is 0.420. The van der Waals surface area contributed by atoms with Gasteiger partial charge >= 0.3 is 5.97 Å². The van der Waals surface area contributed by atoms with Gasteiger partial charge in [0.15, 0.2) is 15.2 Å². The van der Waals surface area contributed by atoms with Crippen molar-refractivity contribution in [2.45, 2.75) is 63.7 Å².